The Balaban J connectivity index is 3.81. The van der Waals surface area contributed by atoms with Gasteiger partial charge in [-0.05, 0) is 19.6 Å². The van der Waals surface area contributed by atoms with E-state index >= 15 is 0 Å². The summed E-state index contributed by atoms with van der Waals surface area (Å²) in [7, 11) is 2.03. The third kappa shape index (κ3) is 10.5. The van der Waals surface area contributed by atoms with E-state index in [0.717, 1.165) is 0 Å². The minimum Gasteiger partial charge on any atom is -0.462 e. The molecule has 2 N–H and O–H groups in total. The zero-order valence-corrected chi connectivity index (χ0v) is 17.9. The number of rotatable bonds is 15. The zero-order valence-electron chi connectivity index (χ0n) is 16.1. The van der Waals surface area contributed by atoms with Gasteiger partial charge in [0.05, 0.1) is 11.9 Å². The van der Waals surface area contributed by atoms with Crippen LogP contribution in [-0.2, 0) is 32.3 Å². The molecule has 2 atom stereocenters. The van der Waals surface area contributed by atoms with Crippen LogP contribution in [0.5, 0.6) is 0 Å². The van der Waals surface area contributed by atoms with Crippen molar-refractivity contribution in [3.8, 4) is 0 Å². The summed E-state index contributed by atoms with van der Waals surface area (Å²) in [6.07, 6.45) is 1.52. The van der Waals surface area contributed by atoms with E-state index in [9.17, 15) is 14.7 Å². The second-order valence-corrected chi connectivity index (χ2v) is 9.68. The Labute approximate surface area is 160 Å². The lowest BCUT2D eigenvalue weighted by atomic mass is 10.4. The van der Waals surface area contributed by atoms with Gasteiger partial charge in [0.2, 0.25) is 5.91 Å². The highest BCUT2D eigenvalue weighted by Crippen LogP contribution is 2.14. The van der Waals surface area contributed by atoms with Crippen LogP contribution in [0.3, 0.4) is 0 Å². The van der Waals surface area contributed by atoms with E-state index in [1.165, 1.54) is 11.8 Å². The fraction of sp³-hybridized carbons (Fsp3) is 0.867. The van der Waals surface area contributed by atoms with Crippen molar-refractivity contribution in [2.75, 3.05) is 54.0 Å². The number of carbonyl (C=O) groups excluding carboxylic acids is 2. The third-order valence-electron chi connectivity index (χ3n) is 3.58. The molecule has 9 nitrogen and oxygen atoms in total. The molecule has 0 aromatic heterocycles. The van der Waals surface area contributed by atoms with Gasteiger partial charge in [-0.1, -0.05) is 0 Å². The lowest BCUT2D eigenvalue weighted by Crippen LogP contribution is -2.42. The maximum Gasteiger partial charge on any atom is 0.500 e. The largest absolute Gasteiger partial charge is 0.500 e. The number of aliphatic hydroxyl groups is 1. The monoisotopic (exact) mass is 413 g/mol. The van der Waals surface area contributed by atoms with Crippen molar-refractivity contribution in [1.82, 2.24) is 5.32 Å². The highest BCUT2D eigenvalue weighted by Gasteiger charge is 2.36. The number of nitrogens with one attached hydrogen (secondary N) is 1. The molecule has 0 saturated heterocycles. The van der Waals surface area contributed by atoms with E-state index in [2.05, 4.69) is 5.32 Å². The molecule has 11 heteroatoms. The summed E-state index contributed by atoms with van der Waals surface area (Å²) in [5.41, 5.74) is 0. The molecule has 26 heavy (non-hydrogen) atoms. The third-order valence-corrected chi connectivity index (χ3v) is 7.33. The minimum absolute atomic E-state index is 0.0324. The molecule has 0 aliphatic heterocycles. The van der Waals surface area contributed by atoms with Gasteiger partial charge in [-0.2, -0.15) is 11.8 Å². The number of amides is 1. The van der Waals surface area contributed by atoms with Crippen LogP contribution in [0.25, 0.3) is 0 Å². The number of hydrogen-bond donors (Lipinski definition) is 2. The Morgan fingerprint density at radius 3 is 2.31 bits per heavy atom. The molecule has 0 aliphatic rings. The Hall–Kier alpha value is -0.693. The lowest BCUT2D eigenvalue weighted by molar-refractivity contribution is -0.147. The van der Waals surface area contributed by atoms with Crippen molar-refractivity contribution in [1.29, 1.82) is 0 Å². The summed E-state index contributed by atoms with van der Waals surface area (Å²) in [5.74, 6) is -0.845. The number of carbonyl (C=O) groups is 2. The van der Waals surface area contributed by atoms with E-state index < -0.39 is 20.9 Å². The number of thioether (sulfide) groups is 1. The van der Waals surface area contributed by atoms with Crippen molar-refractivity contribution in [2.45, 2.75) is 30.7 Å². The molecule has 1 amide bonds. The highest BCUT2D eigenvalue weighted by atomic mass is 32.2. The summed E-state index contributed by atoms with van der Waals surface area (Å²) in [6.45, 7) is 1.74. The highest BCUT2D eigenvalue weighted by molar-refractivity contribution is 7.99. The van der Waals surface area contributed by atoms with Crippen LogP contribution in [0.2, 0.25) is 6.04 Å². The van der Waals surface area contributed by atoms with Crippen molar-refractivity contribution >= 4 is 32.4 Å². The molecule has 0 aromatic carbocycles. The SMILES string of the molecule is CO[Si](CCCOCC(O)COC(=O)CNC(=O)C(C)SC)(OC)OC. The second-order valence-electron chi connectivity index (χ2n) is 5.41. The van der Waals surface area contributed by atoms with Gasteiger partial charge in [-0.25, -0.2) is 0 Å². The molecule has 0 aromatic rings. The minimum atomic E-state index is -2.60. The first kappa shape index (κ1) is 25.3. The molecule has 0 rings (SSSR count). The fourth-order valence-corrected chi connectivity index (χ4v) is 3.85. The summed E-state index contributed by atoms with van der Waals surface area (Å²) < 4.78 is 26.1. The van der Waals surface area contributed by atoms with Crippen molar-refractivity contribution in [2.24, 2.45) is 0 Å². The molecule has 2 unspecified atom stereocenters. The average molecular weight is 414 g/mol. The van der Waals surface area contributed by atoms with Gasteiger partial charge in [0, 0.05) is 34.0 Å². The maximum absolute atomic E-state index is 11.5. The van der Waals surface area contributed by atoms with Gasteiger partial charge >= 0.3 is 14.8 Å². The first-order valence-corrected chi connectivity index (χ1v) is 11.4. The predicted molar refractivity (Wildman–Crippen MR) is 100.0 cm³/mol. The Morgan fingerprint density at radius 2 is 1.77 bits per heavy atom. The Bertz CT molecular complexity index is 403. The van der Waals surface area contributed by atoms with Gasteiger partial charge in [-0.3, -0.25) is 9.59 Å². The average Bonchev–Trinajstić information content (AvgIpc) is 2.66. The predicted octanol–water partition coefficient (Wildman–Crippen LogP) is 0.0430. The standard InChI is InChI=1S/C15H31NO8SSi/c1-12(25-5)15(19)16-9-14(18)24-11-13(17)10-23-7-6-8-26(20-2,21-3)22-4/h12-13,17H,6-11H2,1-5H3,(H,16,19). The van der Waals surface area contributed by atoms with E-state index in [1.807, 2.05) is 0 Å². The summed E-state index contributed by atoms with van der Waals surface area (Å²) in [4.78, 5) is 23.0. The van der Waals surface area contributed by atoms with Gasteiger partial charge < -0.3 is 33.2 Å². The van der Waals surface area contributed by atoms with E-state index in [4.69, 9.17) is 22.8 Å². The Kier molecular flexibility index (Phi) is 14.0. The molecule has 0 fully saturated rings. The van der Waals surface area contributed by atoms with E-state index in [-0.39, 0.29) is 30.9 Å². The van der Waals surface area contributed by atoms with Crippen LogP contribution in [0.1, 0.15) is 13.3 Å². The maximum atomic E-state index is 11.5. The van der Waals surface area contributed by atoms with Gasteiger partial charge in [0.1, 0.15) is 19.3 Å². The molecule has 154 valence electrons. The molecule has 0 heterocycles. The molecular weight excluding hydrogens is 382 g/mol. The molecule has 0 spiro atoms. The Morgan fingerprint density at radius 1 is 1.15 bits per heavy atom. The van der Waals surface area contributed by atoms with Crippen LogP contribution in [0.4, 0.5) is 0 Å². The topological polar surface area (TPSA) is 113 Å². The summed E-state index contributed by atoms with van der Waals surface area (Å²) in [6, 6.07) is 0.593. The lowest BCUT2D eigenvalue weighted by Gasteiger charge is -2.24. The molecule has 0 aliphatic carbocycles. The smallest absolute Gasteiger partial charge is 0.462 e. The van der Waals surface area contributed by atoms with Crippen molar-refractivity contribution in [3.63, 3.8) is 0 Å². The van der Waals surface area contributed by atoms with Crippen LogP contribution in [-0.4, -0.2) is 91.1 Å². The quantitative estimate of drug-likeness (QED) is 0.218. The first-order valence-electron chi connectivity index (χ1n) is 8.21. The number of esters is 1. The second kappa shape index (κ2) is 14.4. The first-order chi connectivity index (χ1) is 12.3. The summed E-state index contributed by atoms with van der Waals surface area (Å²) >= 11 is 1.38. The van der Waals surface area contributed by atoms with Gasteiger partial charge in [-0.15, -0.1) is 0 Å². The fourth-order valence-electron chi connectivity index (χ4n) is 1.86. The van der Waals surface area contributed by atoms with Gasteiger partial charge in [0.25, 0.3) is 0 Å². The van der Waals surface area contributed by atoms with Crippen LogP contribution < -0.4 is 5.32 Å². The normalized spacial score (nSPS) is 13.9. The van der Waals surface area contributed by atoms with Crippen LogP contribution >= 0.6 is 11.8 Å². The van der Waals surface area contributed by atoms with Gasteiger partial charge in [0.15, 0.2) is 0 Å². The molecular formula is C15H31NO8SSi. The molecule has 0 radical (unpaired) electrons. The summed E-state index contributed by atoms with van der Waals surface area (Å²) in [5, 5.41) is 12.0. The number of ether oxygens (including phenoxy) is 2. The van der Waals surface area contributed by atoms with E-state index in [1.54, 1.807) is 34.5 Å². The van der Waals surface area contributed by atoms with E-state index in [0.29, 0.717) is 19.1 Å². The van der Waals surface area contributed by atoms with Crippen molar-refractivity contribution < 1.29 is 37.4 Å². The molecule has 0 saturated carbocycles. The van der Waals surface area contributed by atoms with Crippen LogP contribution in [0.15, 0.2) is 0 Å². The number of aliphatic hydroxyl groups excluding tert-OH is 1. The number of hydrogen-bond acceptors (Lipinski definition) is 9. The van der Waals surface area contributed by atoms with Crippen LogP contribution in [0, 0.1) is 0 Å². The van der Waals surface area contributed by atoms with Crippen molar-refractivity contribution in [3.05, 3.63) is 0 Å². The molecule has 0 bridgehead atoms. The zero-order chi connectivity index (χ0) is 20.0.